The summed E-state index contributed by atoms with van der Waals surface area (Å²) in [5.74, 6) is 0.378. The van der Waals surface area contributed by atoms with Crippen LogP contribution >= 0.6 is 0 Å². The highest BCUT2D eigenvalue weighted by Gasteiger charge is 2.10. The van der Waals surface area contributed by atoms with Crippen LogP contribution in [0.3, 0.4) is 0 Å². The van der Waals surface area contributed by atoms with E-state index in [-0.39, 0.29) is 11.1 Å². The number of fused-ring (bicyclic) bond motifs is 1. The maximum atomic E-state index is 12.1. The van der Waals surface area contributed by atoms with E-state index < -0.39 is 0 Å². The first-order valence-corrected chi connectivity index (χ1v) is 6.30. The summed E-state index contributed by atoms with van der Waals surface area (Å²) in [4.78, 5) is 16.2. The van der Waals surface area contributed by atoms with Gasteiger partial charge >= 0.3 is 0 Å². The highest BCUT2D eigenvalue weighted by molar-refractivity contribution is 5.79. The first kappa shape index (κ1) is 12.8. The molecule has 0 saturated carbocycles. The van der Waals surface area contributed by atoms with Crippen molar-refractivity contribution in [1.82, 2.24) is 14.1 Å². The van der Waals surface area contributed by atoms with Gasteiger partial charge in [-0.05, 0) is 12.5 Å². The first-order valence-electron chi connectivity index (χ1n) is 6.30. The molecule has 21 heavy (non-hydrogen) atoms. The van der Waals surface area contributed by atoms with Crippen molar-refractivity contribution in [3.63, 3.8) is 0 Å². The van der Waals surface area contributed by atoms with Crippen molar-refractivity contribution in [2.75, 3.05) is 0 Å². The van der Waals surface area contributed by atoms with Gasteiger partial charge in [0.25, 0.3) is 5.56 Å². The molecule has 1 aromatic carbocycles. The Hall–Kier alpha value is -3.20. The second kappa shape index (κ2) is 5.06. The minimum Gasteiger partial charge on any atom is -0.267 e. The molecule has 102 valence electrons. The Kier molecular flexibility index (Phi) is 3.09. The molecular weight excluding hydrogens is 266 g/mol. The molecular formula is C15H11N5O. The smallest absolute Gasteiger partial charge is 0.267 e. The lowest BCUT2D eigenvalue weighted by atomic mass is 10.2. The van der Waals surface area contributed by atoms with Gasteiger partial charge in [-0.25, -0.2) is 14.1 Å². The van der Waals surface area contributed by atoms with Gasteiger partial charge in [0.1, 0.15) is 11.6 Å². The number of rotatable bonds is 2. The van der Waals surface area contributed by atoms with Crippen LogP contribution in [-0.2, 0) is 0 Å². The topological polar surface area (TPSA) is 75.4 Å². The number of imidazole rings is 1. The molecule has 0 atom stereocenters. The van der Waals surface area contributed by atoms with Crippen LogP contribution in [0.2, 0.25) is 0 Å². The molecule has 3 rings (SSSR count). The van der Waals surface area contributed by atoms with Crippen molar-refractivity contribution in [2.24, 2.45) is 5.10 Å². The largest absolute Gasteiger partial charge is 0.277 e. The molecule has 2 aromatic heterocycles. The van der Waals surface area contributed by atoms with Gasteiger partial charge in [-0.3, -0.25) is 4.79 Å². The van der Waals surface area contributed by atoms with E-state index in [1.807, 2.05) is 36.4 Å². The SMILES string of the molecule is Cc1cn(/N=C/c2ccccc2)c2ncc(C#N)c(=O)n12. The quantitative estimate of drug-likeness (QED) is 0.667. The fourth-order valence-corrected chi connectivity index (χ4v) is 2.05. The Labute approximate surface area is 120 Å². The van der Waals surface area contributed by atoms with E-state index in [1.54, 1.807) is 19.3 Å². The second-order valence-corrected chi connectivity index (χ2v) is 4.49. The molecule has 0 bridgehead atoms. The summed E-state index contributed by atoms with van der Waals surface area (Å²) >= 11 is 0. The van der Waals surface area contributed by atoms with Crippen molar-refractivity contribution < 1.29 is 0 Å². The van der Waals surface area contributed by atoms with E-state index >= 15 is 0 Å². The second-order valence-electron chi connectivity index (χ2n) is 4.49. The van der Waals surface area contributed by atoms with Crippen LogP contribution in [0.15, 0.2) is 52.6 Å². The van der Waals surface area contributed by atoms with Crippen molar-refractivity contribution in [3.8, 4) is 6.07 Å². The van der Waals surface area contributed by atoms with Gasteiger partial charge in [0, 0.05) is 5.69 Å². The number of aromatic nitrogens is 3. The molecule has 6 heteroatoms. The van der Waals surface area contributed by atoms with Crippen molar-refractivity contribution in [3.05, 3.63) is 69.9 Å². The summed E-state index contributed by atoms with van der Waals surface area (Å²) in [6.45, 7) is 1.77. The van der Waals surface area contributed by atoms with E-state index in [0.29, 0.717) is 11.5 Å². The minimum absolute atomic E-state index is 0.0142. The molecule has 0 aliphatic carbocycles. The zero-order valence-corrected chi connectivity index (χ0v) is 11.3. The molecule has 6 nitrogen and oxygen atoms in total. The van der Waals surface area contributed by atoms with Crippen LogP contribution in [0.25, 0.3) is 5.78 Å². The van der Waals surface area contributed by atoms with E-state index in [1.165, 1.54) is 15.3 Å². The Morgan fingerprint density at radius 2 is 2.10 bits per heavy atom. The zero-order valence-electron chi connectivity index (χ0n) is 11.3. The molecule has 0 fully saturated rings. The van der Waals surface area contributed by atoms with E-state index in [0.717, 1.165) is 5.56 Å². The fourth-order valence-electron chi connectivity index (χ4n) is 2.05. The number of hydrogen-bond acceptors (Lipinski definition) is 4. The van der Waals surface area contributed by atoms with Crippen molar-refractivity contribution in [1.29, 1.82) is 5.26 Å². The molecule has 0 amide bonds. The molecule has 0 radical (unpaired) electrons. The standard InChI is InChI=1S/C15H11N5O/c1-11-10-19(18-8-12-5-3-2-4-6-12)15-17-9-13(7-16)14(21)20(11)15/h2-6,8-10H,1H3/b18-8+. The zero-order chi connectivity index (χ0) is 14.8. The third kappa shape index (κ3) is 2.21. The fraction of sp³-hybridized carbons (Fsp3) is 0.0667. The van der Waals surface area contributed by atoms with E-state index in [9.17, 15) is 4.79 Å². The summed E-state index contributed by atoms with van der Waals surface area (Å²) in [7, 11) is 0. The van der Waals surface area contributed by atoms with Crippen LogP contribution in [0.5, 0.6) is 0 Å². The average Bonchev–Trinajstić information content (AvgIpc) is 2.84. The normalized spacial score (nSPS) is 11.0. The van der Waals surface area contributed by atoms with Gasteiger partial charge in [0.2, 0.25) is 5.78 Å². The van der Waals surface area contributed by atoms with Crippen LogP contribution in [-0.4, -0.2) is 20.3 Å². The maximum absolute atomic E-state index is 12.1. The van der Waals surface area contributed by atoms with Gasteiger partial charge in [-0.2, -0.15) is 10.4 Å². The van der Waals surface area contributed by atoms with Gasteiger partial charge in [0.15, 0.2) is 0 Å². The predicted molar refractivity (Wildman–Crippen MR) is 78.3 cm³/mol. The monoisotopic (exact) mass is 277 g/mol. The predicted octanol–water partition coefficient (Wildman–Crippen LogP) is 1.56. The van der Waals surface area contributed by atoms with Gasteiger partial charge in [0.05, 0.1) is 18.6 Å². The van der Waals surface area contributed by atoms with Gasteiger partial charge in [-0.15, -0.1) is 0 Å². The number of hydrogen-bond donors (Lipinski definition) is 0. The Morgan fingerprint density at radius 3 is 2.81 bits per heavy atom. The molecule has 0 spiro atoms. The van der Waals surface area contributed by atoms with Crippen LogP contribution in [0.4, 0.5) is 0 Å². The lowest BCUT2D eigenvalue weighted by Crippen LogP contribution is -2.18. The van der Waals surface area contributed by atoms with E-state index in [4.69, 9.17) is 5.26 Å². The molecule has 0 N–H and O–H groups in total. The lowest BCUT2D eigenvalue weighted by Gasteiger charge is -1.97. The van der Waals surface area contributed by atoms with Crippen LogP contribution in [0.1, 0.15) is 16.8 Å². The molecule has 3 aromatic rings. The first-order chi connectivity index (χ1) is 10.2. The number of aryl methyl sites for hydroxylation is 1. The van der Waals surface area contributed by atoms with Crippen molar-refractivity contribution in [2.45, 2.75) is 6.92 Å². The van der Waals surface area contributed by atoms with E-state index in [2.05, 4.69) is 10.1 Å². The highest BCUT2D eigenvalue weighted by Crippen LogP contribution is 2.06. The highest BCUT2D eigenvalue weighted by atomic mass is 16.1. The third-order valence-electron chi connectivity index (χ3n) is 3.06. The summed E-state index contributed by atoms with van der Waals surface area (Å²) in [6, 6.07) is 11.5. The summed E-state index contributed by atoms with van der Waals surface area (Å²) in [5.41, 5.74) is 1.25. The van der Waals surface area contributed by atoms with Crippen LogP contribution < -0.4 is 5.56 Å². The van der Waals surface area contributed by atoms with Gasteiger partial charge in [-0.1, -0.05) is 30.3 Å². The Balaban J connectivity index is 2.14. The number of nitrogens with zero attached hydrogens (tertiary/aromatic N) is 5. The molecule has 0 aliphatic heterocycles. The van der Waals surface area contributed by atoms with Crippen molar-refractivity contribution >= 4 is 12.0 Å². The molecule has 0 saturated heterocycles. The molecule has 2 heterocycles. The number of benzene rings is 1. The summed E-state index contributed by atoms with van der Waals surface area (Å²) < 4.78 is 2.89. The Bertz CT molecular complexity index is 928. The average molecular weight is 277 g/mol. The minimum atomic E-state index is -0.381. The third-order valence-corrected chi connectivity index (χ3v) is 3.06. The molecule has 0 aliphatic rings. The number of nitriles is 1. The molecule has 0 unspecified atom stereocenters. The maximum Gasteiger partial charge on any atom is 0.277 e. The van der Waals surface area contributed by atoms with Gasteiger partial charge < -0.3 is 0 Å². The Morgan fingerprint density at radius 1 is 1.33 bits per heavy atom. The lowest BCUT2D eigenvalue weighted by molar-refractivity contribution is 0.885. The van der Waals surface area contributed by atoms with Crippen LogP contribution in [0, 0.1) is 18.3 Å². The summed E-state index contributed by atoms with van der Waals surface area (Å²) in [5, 5.41) is 13.2. The summed E-state index contributed by atoms with van der Waals surface area (Å²) in [6.07, 6.45) is 4.65.